The normalized spacial score (nSPS) is 10.8. The third-order valence-corrected chi connectivity index (χ3v) is 3.95. The Hall–Kier alpha value is -0.437. The van der Waals surface area contributed by atoms with Gasteiger partial charge in [-0.25, -0.2) is 0 Å². The summed E-state index contributed by atoms with van der Waals surface area (Å²) in [5.74, 6) is -0.368. The predicted molar refractivity (Wildman–Crippen MR) is 69.0 cm³/mol. The second-order valence-corrected chi connectivity index (χ2v) is 9.19. The van der Waals surface area contributed by atoms with E-state index in [-0.39, 0.29) is 5.97 Å². The zero-order valence-electron chi connectivity index (χ0n) is 9.68. The van der Waals surface area contributed by atoms with E-state index in [1.807, 2.05) is 29.7 Å². The number of ether oxygens (including phenoxy) is 1. The molecule has 0 unspecified atom stereocenters. The molecule has 0 spiro atoms. The van der Waals surface area contributed by atoms with Gasteiger partial charge in [-0.2, -0.15) is 0 Å². The van der Waals surface area contributed by atoms with Crippen LogP contribution in [-0.2, 0) is 18.3 Å². The molecule has 3 nitrogen and oxygen atoms in total. The van der Waals surface area contributed by atoms with E-state index < -0.39 is 13.5 Å². The number of rotatable bonds is 3. The van der Waals surface area contributed by atoms with Crippen LogP contribution in [0, 0.1) is 0 Å². The third kappa shape index (κ3) is 4.06. The Morgan fingerprint density at radius 3 is 2.53 bits per heavy atom. The Kier molecular flexibility index (Phi) is 5.58. The number of carbonyl (C=O) groups excluding carboxylic acids is 1. The van der Waals surface area contributed by atoms with Crippen LogP contribution in [0.3, 0.4) is 0 Å². The number of esters is 1. The van der Waals surface area contributed by atoms with Crippen molar-refractivity contribution >= 4 is 35.6 Å². The number of halogens is 2. The molecule has 0 N–H and O–H groups in total. The van der Waals surface area contributed by atoms with E-state index in [2.05, 4.69) is 4.74 Å². The van der Waals surface area contributed by atoms with E-state index in [9.17, 15) is 4.79 Å². The van der Waals surface area contributed by atoms with Crippen molar-refractivity contribution < 1.29 is 23.0 Å². The Morgan fingerprint density at radius 2 is 2.06 bits per heavy atom. The molecule has 0 bridgehead atoms. The van der Waals surface area contributed by atoms with Crippen molar-refractivity contribution in [3.05, 3.63) is 29.3 Å². The van der Waals surface area contributed by atoms with Crippen molar-refractivity contribution in [1.82, 2.24) is 0 Å². The van der Waals surface area contributed by atoms with Crippen LogP contribution in [0.2, 0.25) is 0 Å². The molecule has 17 heavy (non-hydrogen) atoms. The maximum atomic E-state index is 11.4. The zero-order chi connectivity index (χ0) is 13.0. The summed E-state index contributed by atoms with van der Waals surface area (Å²) in [7, 11) is 16.9. The fourth-order valence-electron chi connectivity index (χ4n) is 1.37. The number of hydrogen-bond acceptors (Lipinski definition) is 3. The van der Waals surface area contributed by atoms with Crippen LogP contribution in [0.4, 0.5) is 5.69 Å². The summed E-state index contributed by atoms with van der Waals surface area (Å²) in [6.07, 6.45) is 0. The molecule has 1 aromatic rings. The number of methoxy groups -OCH3 is 1. The van der Waals surface area contributed by atoms with Crippen LogP contribution in [0.5, 0.6) is 0 Å². The van der Waals surface area contributed by atoms with Crippen molar-refractivity contribution in [2.45, 2.75) is 0 Å². The molecule has 0 aliphatic heterocycles. The number of benzene rings is 1. The fourth-order valence-corrected chi connectivity index (χ4v) is 3.17. The zero-order valence-corrected chi connectivity index (χ0v) is 12.9. The van der Waals surface area contributed by atoms with Crippen LogP contribution in [0.25, 0.3) is 0 Å². The van der Waals surface area contributed by atoms with E-state index in [1.165, 1.54) is 7.11 Å². The van der Waals surface area contributed by atoms with Gasteiger partial charge in [0.15, 0.2) is 0 Å². The molecule has 96 valence electrons. The monoisotopic (exact) mass is 363 g/mol. The van der Waals surface area contributed by atoms with Gasteiger partial charge in [-0.05, 0) is 0 Å². The summed E-state index contributed by atoms with van der Waals surface area (Å²) >= 11 is -1.93. The molecule has 1 rings (SSSR count). The Morgan fingerprint density at radius 1 is 1.41 bits per heavy atom. The first kappa shape index (κ1) is 14.6. The molecule has 0 amide bonds. The third-order valence-electron chi connectivity index (χ3n) is 2.12. The van der Waals surface area contributed by atoms with E-state index in [1.54, 1.807) is 12.1 Å². The first-order chi connectivity index (χ1) is 7.95. The van der Waals surface area contributed by atoms with E-state index in [4.69, 9.17) is 19.4 Å². The first-order valence-electron chi connectivity index (χ1n) is 4.68. The van der Waals surface area contributed by atoms with Gasteiger partial charge >= 0.3 is 114 Å². The minimum atomic E-state index is -1.93. The molecule has 1 aromatic carbocycles. The van der Waals surface area contributed by atoms with Crippen LogP contribution in [0.1, 0.15) is 15.9 Å². The van der Waals surface area contributed by atoms with Gasteiger partial charge in [-0.15, -0.1) is 0 Å². The molecular formula is C11H13Cl2NO2Ru. The number of hydrogen-bond donors (Lipinski definition) is 0. The van der Waals surface area contributed by atoms with Crippen molar-refractivity contribution in [2.75, 3.05) is 26.1 Å². The molecule has 0 radical (unpaired) electrons. The van der Waals surface area contributed by atoms with Gasteiger partial charge in [0.1, 0.15) is 0 Å². The summed E-state index contributed by atoms with van der Waals surface area (Å²) in [5.41, 5.74) is 2.33. The number of carbonyl (C=O) groups is 1. The second-order valence-electron chi connectivity index (χ2n) is 3.47. The molecule has 0 saturated carbocycles. The van der Waals surface area contributed by atoms with Gasteiger partial charge in [0.05, 0.1) is 0 Å². The summed E-state index contributed by atoms with van der Waals surface area (Å²) in [5, 5.41) is 0. The van der Waals surface area contributed by atoms with Crippen LogP contribution in [0.15, 0.2) is 18.2 Å². The number of anilines is 1. The fraction of sp³-hybridized carbons (Fsp3) is 0.273. The van der Waals surface area contributed by atoms with Crippen molar-refractivity contribution in [3.63, 3.8) is 0 Å². The summed E-state index contributed by atoms with van der Waals surface area (Å²) in [6.45, 7) is 0. The summed E-state index contributed by atoms with van der Waals surface area (Å²) in [6, 6.07) is 5.31. The van der Waals surface area contributed by atoms with Crippen LogP contribution >= 0.6 is 19.4 Å². The van der Waals surface area contributed by atoms with Gasteiger partial charge in [0, 0.05) is 0 Å². The average Bonchev–Trinajstić information content (AvgIpc) is 2.26. The molecule has 6 heteroatoms. The standard InChI is InChI=1S/C11H13NO2.2ClH.Ru/c1-8-7-9(11(13)14-4)5-6-10(8)12(2)3;;;/h1,5-7H,2-4H3;2*1H;/q;;;+2/p-2. The molecule has 0 atom stereocenters. The van der Waals surface area contributed by atoms with Crippen molar-refractivity contribution in [3.8, 4) is 0 Å². The first-order valence-corrected chi connectivity index (χ1v) is 10.2. The van der Waals surface area contributed by atoms with E-state index >= 15 is 0 Å². The van der Waals surface area contributed by atoms with E-state index in [0.717, 1.165) is 11.3 Å². The molecule has 0 aliphatic carbocycles. The van der Waals surface area contributed by atoms with Crippen molar-refractivity contribution in [1.29, 1.82) is 0 Å². The maximum absolute atomic E-state index is 11.4. The molecule has 0 fully saturated rings. The van der Waals surface area contributed by atoms with Crippen LogP contribution in [-0.4, -0.2) is 31.8 Å². The Labute approximate surface area is 114 Å². The van der Waals surface area contributed by atoms with Gasteiger partial charge < -0.3 is 0 Å². The topological polar surface area (TPSA) is 29.5 Å². The second kappa shape index (κ2) is 6.48. The van der Waals surface area contributed by atoms with Crippen LogP contribution < -0.4 is 4.90 Å². The SMILES string of the molecule is COC(=O)c1ccc(N(C)C)c([CH]=[Ru]([Cl])[Cl])c1. The van der Waals surface area contributed by atoms with E-state index in [0.29, 0.717) is 5.56 Å². The molecule has 0 heterocycles. The molecular weight excluding hydrogens is 350 g/mol. The summed E-state index contributed by atoms with van der Waals surface area (Å²) in [4.78, 5) is 13.4. The van der Waals surface area contributed by atoms with Gasteiger partial charge in [-0.3, -0.25) is 0 Å². The quantitative estimate of drug-likeness (QED) is 0.611. The van der Waals surface area contributed by atoms with Gasteiger partial charge in [-0.1, -0.05) is 0 Å². The molecule has 0 aliphatic rings. The predicted octanol–water partition coefficient (Wildman–Crippen LogP) is 2.62. The number of nitrogens with zero attached hydrogens (tertiary/aromatic N) is 1. The van der Waals surface area contributed by atoms with Gasteiger partial charge in [0.2, 0.25) is 0 Å². The minimum absolute atomic E-state index is 0.368. The summed E-state index contributed by atoms with van der Waals surface area (Å²) < 4.78 is 6.49. The molecule has 0 saturated heterocycles. The molecule has 0 aromatic heterocycles. The average molecular weight is 363 g/mol. The Balaban J connectivity index is 3.29. The van der Waals surface area contributed by atoms with Crippen molar-refractivity contribution in [2.24, 2.45) is 0 Å². The Bertz CT molecular complexity index is 457. The van der Waals surface area contributed by atoms with Gasteiger partial charge in [0.25, 0.3) is 0 Å².